The van der Waals surface area contributed by atoms with Crippen LogP contribution in [0.15, 0.2) is 24.3 Å². The normalized spacial score (nSPS) is 21.4. The van der Waals surface area contributed by atoms with E-state index in [9.17, 15) is 0 Å². The zero-order valence-corrected chi connectivity index (χ0v) is 13.1. The van der Waals surface area contributed by atoms with Gasteiger partial charge in [0.1, 0.15) is 5.75 Å². The molecule has 20 heavy (non-hydrogen) atoms. The molecule has 2 rings (SSSR count). The summed E-state index contributed by atoms with van der Waals surface area (Å²) in [6.07, 6.45) is 2.64. The zero-order chi connectivity index (χ0) is 14.4. The van der Waals surface area contributed by atoms with Gasteiger partial charge in [-0.3, -0.25) is 0 Å². The molecule has 1 N–H and O–H groups in total. The molecule has 1 aromatic rings. The van der Waals surface area contributed by atoms with E-state index in [4.69, 9.17) is 4.74 Å². The molecule has 3 nitrogen and oxygen atoms in total. The van der Waals surface area contributed by atoms with E-state index >= 15 is 0 Å². The standard InChI is InChI=1S/C17H28N2O/c1-4-19-12-8-9-15(13-19)14(3)18-16-10-6-7-11-17(16)20-5-2/h6-7,10-11,14-15,18H,4-5,8-9,12-13H2,1-3H3. The molecule has 0 aliphatic carbocycles. The van der Waals surface area contributed by atoms with Gasteiger partial charge in [-0.15, -0.1) is 0 Å². The van der Waals surface area contributed by atoms with Crippen molar-refractivity contribution in [2.24, 2.45) is 5.92 Å². The highest BCUT2D eigenvalue weighted by Gasteiger charge is 2.24. The van der Waals surface area contributed by atoms with Crippen LogP contribution in [0.2, 0.25) is 0 Å². The van der Waals surface area contributed by atoms with Crippen molar-refractivity contribution in [3.05, 3.63) is 24.3 Å². The van der Waals surface area contributed by atoms with Crippen molar-refractivity contribution in [2.45, 2.75) is 39.7 Å². The number of benzene rings is 1. The summed E-state index contributed by atoms with van der Waals surface area (Å²) in [6, 6.07) is 8.72. The third kappa shape index (κ3) is 3.89. The minimum absolute atomic E-state index is 0.478. The van der Waals surface area contributed by atoms with Gasteiger partial charge in [0, 0.05) is 12.6 Å². The zero-order valence-electron chi connectivity index (χ0n) is 13.1. The Balaban J connectivity index is 1.98. The molecule has 1 fully saturated rings. The SMILES string of the molecule is CCOc1ccccc1NC(C)C1CCCN(CC)C1. The summed E-state index contributed by atoms with van der Waals surface area (Å²) in [4.78, 5) is 2.56. The molecule has 1 saturated heterocycles. The number of anilines is 1. The lowest BCUT2D eigenvalue weighted by atomic mass is 9.91. The summed E-state index contributed by atoms with van der Waals surface area (Å²) in [7, 11) is 0. The molecular weight excluding hydrogens is 248 g/mol. The lowest BCUT2D eigenvalue weighted by molar-refractivity contribution is 0.172. The second-order valence-electron chi connectivity index (χ2n) is 5.66. The van der Waals surface area contributed by atoms with E-state index in [2.05, 4.69) is 36.2 Å². The van der Waals surface area contributed by atoms with E-state index in [0.29, 0.717) is 12.6 Å². The summed E-state index contributed by atoms with van der Waals surface area (Å²) in [5.41, 5.74) is 1.12. The fourth-order valence-corrected chi connectivity index (χ4v) is 3.02. The van der Waals surface area contributed by atoms with Gasteiger partial charge in [-0.25, -0.2) is 0 Å². The third-order valence-electron chi connectivity index (χ3n) is 4.27. The van der Waals surface area contributed by atoms with Crippen LogP contribution < -0.4 is 10.1 Å². The first-order valence-corrected chi connectivity index (χ1v) is 7.95. The fraction of sp³-hybridized carbons (Fsp3) is 0.647. The first kappa shape index (κ1) is 15.2. The van der Waals surface area contributed by atoms with Gasteiger partial charge in [0.05, 0.1) is 12.3 Å². The van der Waals surface area contributed by atoms with E-state index < -0.39 is 0 Å². The number of piperidine rings is 1. The lowest BCUT2D eigenvalue weighted by Crippen LogP contribution is -2.41. The topological polar surface area (TPSA) is 24.5 Å². The predicted octanol–water partition coefficient (Wildman–Crippen LogP) is 3.62. The Morgan fingerprint density at radius 3 is 2.90 bits per heavy atom. The van der Waals surface area contributed by atoms with Gasteiger partial charge in [-0.2, -0.15) is 0 Å². The highest BCUT2D eigenvalue weighted by atomic mass is 16.5. The highest BCUT2D eigenvalue weighted by molar-refractivity contribution is 5.56. The number of likely N-dealkylation sites (tertiary alicyclic amines) is 1. The van der Waals surface area contributed by atoms with Crippen LogP contribution in [0.25, 0.3) is 0 Å². The number of hydrogen-bond acceptors (Lipinski definition) is 3. The van der Waals surface area contributed by atoms with E-state index in [-0.39, 0.29) is 0 Å². The summed E-state index contributed by atoms with van der Waals surface area (Å²) in [5.74, 6) is 1.68. The van der Waals surface area contributed by atoms with Crippen LogP contribution in [0, 0.1) is 5.92 Å². The van der Waals surface area contributed by atoms with Crippen LogP contribution in [-0.2, 0) is 0 Å². The van der Waals surface area contributed by atoms with Gasteiger partial charge in [-0.05, 0) is 57.8 Å². The number of para-hydroxylation sites is 2. The quantitative estimate of drug-likeness (QED) is 0.859. The fourth-order valence-electron chi connectivity index (χ4n) is 3.02. The van der Waals surface area contributed by atoms with E-state index in [1.54, 1.807) is 0 Å². The molecule has 0 aromatic heterocycles. The molecule has 0 saturated carbocycles. The Morgan fingerprint density at radius 2 is 2.15 bits per heavy atom. The van der Waals surface area contributed by atoms with Crippen molar-refractivity contribution in [1.82, 2.24) is 4.90 Å². The smallest absolute Gasteiger partial charge is 0.142 e. The van der Waals surface area contributed by atoms with Crippen molar-refractivity contribution >= 4 is 5.69 Å². The molecular formula is C17H28N2O. The number of rotatable bonds is 6. The molecule has 112 valence electrons. The van der Waals surface area contributed by atoms with Crippen LogP contribution >= 0.6 is 0 Å². The Bertz CT molecular complexity index is 408. The number of ether oxygens (including phenoxy) is 1. The lowest BCUT2D eigenvalue weighted by Gasteiger charge is -2.36. The first-order valence-electron chi connectivity index (χ1n) is 7.95. The van der Waals surface area contributed by atoms with Crippen molar-refractivity contribution < 1.29 is 4.74 Å². The van der Waals surface area contributed by atoms with Crippen molar-refractivity contribution in [1.29, 1.82) is 0 Å². The molecule has 0 spiro atoms. The number of nitrogens with one attached hydrogen (secondary N) is 1. The molecule has 0 amide bonds. The van der Waals surface area contributed by atoms with Gasteiger partial charge in [0.15, 0.2) is 0 Å². The summed E-state index contributed by atoms with van der Waals surface area (Å²) in [5, 5.41) is 3.66. The van der Waals surface area contributed by atoms with Gasteiger partial charge in [0.25, 0.3) is 0 Å². The van der Waals surface area contributed by atoms with E-state index in [1.165, 1.54) is 32.5 Å². The van der Waals surface area contributed by atoms with Crippen molar-refractivity contribution in [3.63, 3.8) is 0 Å². The molecule has 0 bridgehead atoms. The average molecular weight is 276 g/mol. The molecule has 1 aliphatic heterocycles. The average Bonchev–Trinajstić information content (AvgIpc) is 2.49. The van der Waals surface area contributed by atoms with Crippen molar-refractivity contribution in [3.8, 4) is 5.75 Å². The van der Waals surface area contributed by atoms with Crippen LogP contribution in [0.5, 0.6) is 5.75 Å². The molecule has 1 heterocycles. The molecule has 3 heteroatoms. The Hall–Kier alpha value is -1.22. The maximum atomic E-state index is 5.69. The Labute approximate surface area is 123 Å². The number of hydrogen-bond donors (Lipinski definition) is 1. The van der Waals surface area contributed by atoms with Crippen LogP contribution in [0.3, 0.4) is 0 Å². The van der Waals surface area contributed by atoms with Crippen molar-refractivity contribution in [2.75, 3.05) is 31.6 Å². The first-order chi connectivity index (χ1) is 9.74. The highest BCUT2D eigenvalue weighted by Crippen LogP contribution is 2.28. The maximum Gasteiger partial charge on any atom is 0.142 e. The predicted molar refractivity (Wildman–Crippen MR) is 85.5 cm³/mol. The second-order valence-corrected chi connectivity index (χ2v) is 5.66. The van der Waals surface area contributed by atoms with Gasteiger partial charge >= 0.3 is 0 Å². The molecule has 2 unspecified atom stereocenters. The summed E-state index contributed by atoms with van der Waals surface area (Å²) in [6.45, 7) is 10.9. The summed E-state index contributed by atoms with van der Waals surface area (Å²) >= 11 is 0. The Kier molecular flexibility index (Phi) is 5.72. The van der Waals surface area contributed by atoms with E-state index in [0.717, 1.165) is 17.4 Å². The monoisotopic (exact) mass is 276 g/mol. The minimum Gasteiger partial charge on any atom is -0.492 e. The largest absolute Gasteiger partial charge is 0.492 e. The molecule has 1 aliphatic rings. The molecule has 1 aromatic carbocycles. The van der Waals surface area contributed by atoms with Crippen LogP contribution in [0.1, 0.15) is 33.6 Å². The van der Waals surface area contributed by atoms with Gasteiger partial charge in [0.2, 0.25) is 0 Å². The maximum absolute atomic E-state index is 5.69. The van der Waals surface area contributed by atoms with Crippen LogP contribution in [0.4, 0.5) is 5.69 Å². The Morgan fingerprint density at radius 1 is 1.35 bits per heavy atom. The third-order valence-corrected chi connectivity index (χ3v) is 4.27. The molecule has 0 radical (unpaired) electrons. The minimum atomic E-state index is 0.478. The van der Waals surface area contributed by atoms with Gasteiger partial charge < -0.3 is 15.0 Å². The van der Waals surface area contributed by atoms with E-state index in [1.807, 2.05) is 19.1 Å². The second kappa shape index (κ2) is 7.53. The summed E-state index contributed by atoms with van der Waals surface area (Å²) < 4.78 is 5.69. The van der Waals surface area contributed by atoms with Crippen LogP contribution in [-0.4, -0.2) is 37.2 Å². The molecule has 2 atom stereocenters. The van der Waals surface area contributed by atoms with Gasteiger partial charge in [-0.1, -0.05) is 19.1 Å². The number of nitrogens with zero attached hydrogens (tertiary/aromatic N) is 1.